The van der Waals surface area contributed by atoms with Gasteiger partial charge in [-0.2, -0.15) is 10.1 Å². The fourth-order valence-electron chi connectivity index (χ4n) is 4.01. The summed E-state index contributed by atoms with van der Waals surface area (Å²) in [6.07, 6.45) is 6.40. The van der Waals surface area contributed by atoms with E-state index in [0.717, 1.165) is 32.3 Å². The highest BCUT2D eigenvalue weighted by Crippen LogP contribution is 2.35. The summed E-state index contributed by atoms with van der Waals surface area (Å²) in [5.41, 5.74) is 0.256. The standard InChI is InChI=1S/C17H25N5O2/c1-17(2,3)22-14-11(9-18-22)15(23)21-16(20-14)19-12-5-4-6-13-10(12)7-8-24-13/h9-10,12-13H,4-8H2,1-3H3,(H2,19,20,21,23). The fraction of sp³-hybridized carbons (Fsp3) is 0.706. The van der Waals surface area contributed by atoms with E-state index < -0.39 is 0 Å². The number of rotatable bonds is 2. The third-order valence-electron chi connectivity index (χ3n) is 5.18. The van der Waals surface area contributed by atoms with Crippen molar-refractivity contribution in [2.24, 2.45) is 5.92 Å². The molecule has 0 spiro atoms. The highest BCUT2D eigenvalue weighted by Gasteiger charge is 2.38. The minimum atomic E-state index is -0.227. The maximum Gasteiger partial charge on any atom is 0.263 e. The van der Waals surface area contributed by atoms with Gasteiger partial charge < -0.3 is 10.1 Å². The van der Waals surface area contributed by atoms with E-state index in [0.29, 0.717) is 35.0 Å². The Morgan fingerprint density at radius 3 is 2.96 bits per heavy atom. The predicted octanol–water partition coefficient (Wildman–Crippen LogP) is 2.24. The fourth-order valence-corrected chi connectivity index (χ4v) is 4.01. The van der Waals surface area contributed by atoms with Crippen LogP contribution < -0.4 is 10.9 Å². The second-order valence-electron chi connectivity index (χ2n) is 7.92. The van der Waals surface area contributed by atoms with Gasteiger partial charge in [-0.3, -0.25) is 9.78 Å². The molecule has 130 valence electrons. The molecule has 3 unspecified atom stereocenters. The predicted molar refractivity (Wildman–Crippen MR) is 92.3 cm³/mol. The van der Waals surface area contributed by atoms with Gasteiger partial charge in [0.1, 0.15) is 5.39 Å². The quantitative estimate of drug-likeness (QED) is 0.881. The molecule has 2 fully saturated rings. The number of nitrogens with one attached hydrogen (secondary N) is 2. The zero-order valence-corrected chi connectivity index (χ0v) is 14.5. The third kappa shape index (κ3) is 2.60. The van der Waals surface area contributed by atoms with Crippen molar-refractivity contribution in [3.05, 3.63) is 16.6 Å². The van der Waals surface area contributed by atoms with Crippen LogP contribution in [0.25, 0.3) is 11.0 Å². The van der Waals surface area contributed by atoms with Crippen LogP contribution in [0.3, 0.4) is 0 Å². The van der Waals surface area contributed by atoms with E-state index in [9.17, 15) is 4.79 Å². The number of hydrogen-bond acceptors (Lipinski definition) is 5. The third-order valence-corrected chi connectivity index (χ3v) is 5.18. The molecule has 3 heterocycles. The number of aromatic nitrogens is 4. The Morgan fingerprint density at radius 2 is 2.17 bits per heavy atom. The highest BCUT2D eigenvalue weighted by atomic mass is 16.5. The molecule has 2 aromatic heterocycles. The molecule has 1 saturated carbocycles. The van der Waals surface area contributed by atoms with E-state index in [1.165, 1.54) is 0 Å². The van der Waals surface area contributed by atoms with Gasteiger partial charge in [-0.05, 0) is 46.5 Å². The molecular formula is C17H25N5O2. The number of aromatic amines is 1. The number of H-pyrrole nitrogens is 1. The van der Waals surface area contributed by atoms with Gasteiger partial charge in [0.05, 0.1) is 17.8 Å². The number of fused-ring (bicyclic) bond motifs is 2. The second-order valence-corrected chi connectivity index (χ2v) is 7.92. The van der Waals surface area contributed by atoms with E-state index >= 15 is 0 Å². The maximum absolute atomic E-state index is 12.4. The smallest absolute Gasteiger partial charge is 0.263 e. The molecule has 1 saturated heterocycles. The molecule has 4 rings (SSSR count). The summed E-state index contributed by atoms with van der Waals surface area (Å²) in [5.74, 6) is 1.04. The van der Waals surface area contributed by atoms with Crippen molar-refractivity contribution in [2.45, 2.75) is 64.1 Å². The van der Waals surface area contributed by atoms with Crippen molar-refractivity contribution in [3.63, 3.8) is 0 Å². The maximum atomic E-state index is 12.4. The van der Waals surface area contributed by atoms with E-state index in [4.69, 9.17) is 4.74 Å². The zero-order chi connectivity index (χ0) is 16.9. The normalized spacial score (nSPS) is 27.4. The Balaban J connectivity index is 1.68. The largest absolute Gasteiger partial charge is 0.378 e. The van der Waals surface area contributed by atoms with Crippen molar-refractivity contribution in [1.29, 1.82) is 0 Å². The molecular weight excluding hydrogens is 306 g/mol. The monoisotopic (exact) mass is 331 g/mol. The number of hydrogen-bond donors (Lipinski definition) is 2. The number of ether oxygens (including phenoxy) is 1. The number of nitrogens with zero attached hydrogens (tertiary/aromatic N) is 3. The van der Waals surface area contributed by atoms with Crippen molar-refractivity contribution in [2.75, 3.05) is 11.9 Å². The van der Waals surface area contributed by atoms with Gasteiger partial charge in [-0.15, -0.1) is 0 Å². The van der Waals surface area contributed by atoms with E-state index in [1.807, 2.05) is 4.68 Å². The minimum Gasteiger partial charge on any atom is -0.378 e. The average molecular weight is 331 g/mol. The number of anilines is 1. The Hall–Kier alpha value is -1.89. The van der Waals surface area contributed by atoms with Gasteiger partial charge in [-0.25, -0.2) is 4.68 Å². The second kappa shape index (κ2) is 5.58. The first-order chi connectivity index (χ1) is 11.4. The van der Waals surface area contributed by atoms with Crippen LogP contribution in [0, 0.1) is 5.92 Å². The van der Waals surface area contributed by atoms with Gasteiger partial charge in [0.25, 0.3) is 5.56 Å². The lowest BCUT2D eigenvalue weighted by Gasteiger charge is -2.33. The van der Waals surface area contributed by atoms with Crippen LogP contribution in [0.1, 0.15) is 46.5 Å². The topological polar surface area (TPSA) is 84.8 Å². The van der Waals surface area contributed by atoms with E-state index in [1.54, 1.807) is 6.20 Å². The summed E-state index contributed by atoms with van der Waals surface area (Å²) in [6, 6.07) is 0.304. The molecule has 3 atom stereocenters. The molecule has 0 bridgehead atoms. The summed E-state index contributed by atoms with van der Waals surface area (Å²) in [7, 11) is 0. The molecule has 2 aromatic rings. The summed E-state index contributed by atoms with van der Waals surface area (Å²) < 4.78 is 7.63. The first kappa shape index (κ1) is 15.6. The molecule has 0 aromatic carbocycles. The lowest BCUT2D eigenvalue weighted by molar-refractivity contribution is 0.0619. The Morgan fingerprint density at radius 1 is 1.33 bits per heavy atom. The molecule has 7 nitrogen and oxygen atoms in total. The molecule has 0 amide bonds. The van der Waals surface area contributed by atoms with Crippen LogP contribution >= 0.6 is 0 Å². The SMILES string of the molecule is CC(C)(C)n1ncc2c(=O)[nH]c(NC3CCCC4OCCC34)nc21. The summed E-state index contributed by atoms with van der Waals surface area (Å²) in [4.78, 5) is 19.9. The Bertz CT molecular complexity index is 803. The summed E-state index contributed by atoms with van der Waals surface area (Å²) in [5, 5.41) is 8.35. The minimum absolute atomic E-state index is 0.145. The van der Waals surface area contributed by atoms with Gasteiger partial charge in [0, 0.05) is 18.6 Å². The Kier molecular flexibility index (Phi) is 3.63. The average Bonchev–Trinajstić information content (AvgIpc) is 3.13. The highest BCUT2D eigenvalue weighted by molar-refractivity contribution is 5.74. The van der Waals surface area contributed by atoms with Gasteiger partial charge >= 0.3 is 0 Å². The molecule has 7 heteroatoms. The zero-order valence-electron chi connectivity index (χ0n) is 14.5. The van der Waals surface area contributed by atoms with Crippen molar-refractivity contribution < 1.29 is 4.74 Å². The molecule has 2 N–H and O–H groups in total. The van der Waals surface area contributed by atoms with Crippen LogP contribution in [-0.2, 0) is 10.3 Å². The lowest BCUT2D eigenvalue weighted by Crippen LogP contribution is -2.39. The Labute approximate surface area is 140 Å². The molecule has 2 aliphatic rings. The lowest BCUT2D eigenvalue weighted by atomic mass is 9.82. The molecule has 1 aliphatic carbocycles. The summed E-state index contributed by atoms with van der Waals surface area (Å²) >= 11 is 0. The van der Waals surface area contributed by atoms with Crippen LogP contribution in [0.2, 0.25) is 0 Å². The van der Waals surface area contributed by atoms with E-state index in [-0.39, 0.29) is 11.1 Å². The molecule has 0 radical (unpaired) electrons. The van der Waals surface area contributed by atoms with Crippen molar-refractivity contribution in [1.82, 2.24) is 19.7 Å². The van der Waals surface area contributed by atoms with Gasteiger partial charge in [0.15, 0.2) is 5.65 Å². The van der Waals surface area contributed by atoms with Crippen molar-refractivity contribution in [3.8, 4) is 0 Å². The first-order valence-electron chi connectivity index (χ1n) is 8.80. The van der Waals surface area contributed by atoms with Crippen molar-refractivity contribution >= 4 is 17.0 Å². The van der Waals surface area contributed by atoms with Crippen LogP contribution in [0.4, 0.5) is 5.95 Å². The van der Waals surface area contributed by atoms with Gasteiger partial charge in [0.2, 0.25) is 5.95 Å². The van der Waals surface area contributed by atoms with Crippen LogP contribution in [0.15, 0.2) is 11.0 Å². The molecule has 1 aliphatic heterocycles. The summed E-state index contributed by atoms with van der Waals surface area (Å²) in [6.45, 7) is 7.00. The van der Waals surface area contributed by atoms with Crippen LogP contribution in [-0.4, -0.2) is 38.5 Å². The first-order valence-corrected chi connectivity index (χ1v) is 8.80. The van der Waals surface area contributed by atoms with Crippen LogP contribution in [0.5, 0.6) is 0 Å². The van der Waals surface area contributed by atoms with Gasteiger partial charge in [-0.1, -0.05) is 0 Å². The molecule has 24 heavy (non-hydrogen) atoms. The van der Waals surface area contributed by atoms with E-state index in [2.05, 4.69) is 41.2 Å².